The second-order valence-electron chi connectivity index (χ2n) is 4.29. The highest BCUT2D eigenvalue weighted by Gasteiger charge is 2.17. The Morgan fingerprint density at radius 3 is 2.47 bits per heavy atom. The van der Waals surface area contributed by atoms with Gasteiger partial charge in [-0.25, -0.2) is 4.98 Å². The molecule has 0 amide bonds. The first-order chi connectivity index (χ1) is 7.99. The van der Waals surface area contributed by atoms with E-state index in [0.29, 0.717) is 0 Å². The van der Waals surface area contributed by atoms with Gasteiger partial charge in [-0.15, -0.1) is 11.3 Å². The fourth-order valence-corrected chi connectivity index (χ4v) is 2.72. The summed E-state index contributed by atoms with van der Waals surface area (Å²) in [6, 6.07) is 5.97. The molecule has 0 aliphatic heterocycles. The standard InChI is InChI=1S/C14H15NOS/c1-8-5-6-9(2)12(7-8)13(16)14-10(3)15-11(4)17-14/h5-7H,1-4H3. The first-order valence-electron chi connectivity index (χ1n) is 5.55. The molecular weight excluding hydrogens is 230 g/mol. The summed E-state index contributed by atoms with van der Waals surface area (Å²) in [6.45, 7) is 7.79. The number of aromatic nitrogens is 1. The maximum absolute atomic E-state index is 12.4. The molecule has 2 aromatic rings. The van der Waals surface area contributed by atoms with Crippen LogP contribution in [0.4, 0.5) is 0 Å². The number of rotatable bonds is 2. The Labute approximate surface area is 105 Å². The van der Waals surface area contributed by atoms with Gasteiger partial charge in [0.1, 0.15) is 0 Å². The van der Waals surface area contributed by atoms with Gasteiger partial charge in [-0.3, -0.25) is 4.79 Å². The molecule has 3 heteroatoms. The van der Waals surface area contributed by atoms with Crippen molar-refractivity contribution in [3.8, 4) is 0 Å². The third-order valence-electron chi connectivity index (χ3n) is 2.75. The fourth-order valence-electron chi connectivity index (χ4n) is 1.84. The molecule has 0 aliphatic rings. The molecule has 88 valence electrons. The predicted octanol–water partition coefficient (Wildman–Crippen LogP) is 3.61. The maximum Gasteiger partial charge on any atom is 0.205 e. The van der Waals surface area contributed by atoms with Gasteiger partial charge in [-0.05, 0) is 39.3 Å². The zero-order valence-electron chi connectivity index (χ0n) is 10.5. The van der Waals surface area contributed by atoms with Crippen molar-refractivity contribution < 1.29 is 4.79 Å². The molecule has 0 atom stereocenters. The zero-order valence-corrected chi connectivity index (χ0v) is 11.3. The van der Waals surface area contributed by atoms with Crippen molar-refractivity contribution >= 4 is 17.1 Å². The zero-order chi connectivity index (χ0) is 12.6. The molecule has 1 heterocycles. The summed E-state index contributed by atoms with van der Waals surface area (Å²) in [5.74, 6) is 0.0919. The van der Waals surface area contributed by atoms with Crippen LogP contribution in [0, 0.1) is 27.7 Å². The number of carbonyl (C=O) groups is 1. The molecule has 0 unspecified atom stereocenters. The van der Waals surface area contributed by atoms with Gasteiger partial charge in [0.2, 0.25) is 5.78 Å². The van der Waals surface area contributed by atoms with Crippen LogP contribution in [0.15, 0.2) is 18.2 Å². The topological polar surface area (TPSA) is 30.0 Å². The van der Waals surface area contributed by atoms with Crippen LogP contribution in [0.1, 0.15) is 37.1 Å². The van der Waals surface area contributed by atoms with Crippen molar-refractivity contribution in [1.29, 1.82) is 0 Å². The van der Waals surface area contributed by atoms with E-state index >= 15 is 0 Å². The summed E-state index contributed by atoms with van der Waals surface area (Å²) < 4.78 is 0. The molecule has 17 heavy (non-hydrogen) atoms. The third kappa shape index (κ3) is 2.29. The largest absolute Gasteiger partial charge is 0.288 e. The first kappa shape index (κ1) is 12.0. The molecule has 1 aromatic carbocycles. The van der Waals surface area contributed by atoms with Crippen molar-refractivity contribution in [3.05, 3.63) is 50.5 Å². The second kappa shape index (κ2) is 4.41. The Bertz CT molecular complexity index is 584. The number of carbonyl (C=O) groups excluding carboxylic acids is 1. The third-order valence-corrected chi connectivity index (χ3v) is 3.82. The normalized spacial score (nSPS) is 10.6. The van der Waals surface area contributed by atoms with Crippen molar-refractivity contribution in [2.45, 2.75) is 27.7 Å². The maximum atomic E-state index is 12.4. The second-order valence-corrected chi connectivity index (χ2v) is 5.50. The number of nitrogens with zero attached hydrogens (tertiary/aromatic N) is 1. The highest BCUT2D eigenvalue weighted by molar-refractivity contribution is 7.14. The summed E-state index contributed by atoms with van der Waals surface area (Å²) in [5.41, 5.74) is 3.75. The van der Waals surface area contributed by atoms with Crippen LogP contribution in [0.25, 0.3) is 0 Å². The molecule has 0 N–H and O–H groups in total. The van der Waals surface area contributed by atoms with Gasteiger partial charge in [-0.2, -0.15) is 0 Å². The van der Waals surface area contributed by atoms with E-state index in [4.69, 9.17) is 0 Å². The van der Waals surface area contributed by atoms with Crippen molar-refractivity contribution in [2.75, 3.05) is 0 Å². The summed E-state index contributed by atoms with van der Waals surface area (Å²) in [4.78, 5) is 17.5. The lowest BCUT2D eigenvalue weighted by molar-refractivity contribution is 0.104. The molecule has 0 fully saturated rings. The van der Waals surface area contributed by atoms with E-state index < -0.39 is 0 Å². The Kier molecular flexibility index (Phi) is 3.11. The van der Waals surface area contributed by atoms with E-state index in [1.54, 1.807) is 0 Å². The predicted molar refractivity (Wildman–Crippen MR) is 70.9 cm³/mol. The molecule has 0 saturated heterocycles. The summed E-state index contributed by atoms with van der Waals surface area (Å²) in [5, 5.41) is 0.941. The lowest BCUT2D eigenvalue weighted by atomic mass is 10.0. The lowest BCUT2D eigenvalue weighted by Crippen LogP contribution is -2.03. The van der Waals surface area contributed by atoms with E-state index in [9.17, 15) is 4.79 Å². The highest BCUT2D eigenvalue weighted by atomic mass is 32.1. The number of ketones is 1. The van der Waals surface area contributed by atoms with Crippen LogP contribution in [0.5, 0.6) is 0 Å². The van der Waals surface area contributed by atoms with Crippen LogP contribution < -0.4 is 0 Å². The van der Waals surface area contributed by atoms with Gasteiger partial charge < -0.3 is 0 Å². The molecule has 0 bridgehead atoms. The molecule has 0 radical (unpaired) electrons. The quantitative estimate of drug-likeness (QED) is 0.756. The minimum absolute atomic E-state index is 0.0919. The van der Waals surface area contributed by atoms with E-state index in [1.165, 1.54) is 11.3 Å². The highest BCUT2D eigenvalue weighted by Crippen LogP contribution is 2.23. The van der Waals surface area contributed by atoms with Crippen molar-refractivity contribution in [2.24, 2.45) is 0 Å². The summed E-state index contributed by atoms with van der Waals surface area (Å²) >= 11 is 1.47. The molecule has 0 aliphatic carbocycles. The average Bonchev–Trinajstić information content (AvgIpc) is 2.60. The Morgan fingerprint density at radius 1 is 1.18 bits per heavy atom. The van der Waals surface area contributed by atoms with E-state index in [2.05, 4.69) is 4.98 Å². The van der Waals surface area contributed by atoms with Gasteiger partial charge in [0.15, 0.2) is 0 Å². The molecule has 0 saturated carbocycles. The summed E-state index contributed by atoms with van der Waals surface area (Å²) in [7, 11) is 0. The Hall–Kier alpha value is -1.48. The number of hydrogen-bond donors (Lipinski definition) is 0. The van der Waals surface area contributed by atoms with Crippen LogP contribution in [-0.4, -0.2) is 10.8 Å². The van der Waals surface area contributed by atoms with Gasteiger partial charge in [0.05, 0.1) is 15.6 Å². The van der Waals surface area contributed by atoms with Crippen LogP contribution in [0.3, 0.4) is 0 Å². The average molecular weight is 245 g/mol. The SMILES string of the molecule is Cc1ccc(C)c(C(=O)c2sc(C)nc2C)c1. The smallest absolute Gasteiger partial charge is 0.205 e. The fraction of sp³-hybridized carbons (Fsp3) is 0.286. The van der Waals surface area contributed by atoms with Crippen molar-refractivity contribution in [3.63, 3.8) is 0 Å². The van der Waals surface area contributed by atoms with Crippen LogP contribution in [0.2, 0.25) is 0 Å². The van der Waals surface area contributed by atoms with Gasteiger partial charge in [-0.1, -0.05) is 17.7 Å². The molecule has 0 spiro atoms. The molecule has 1 aromatic heterocycles. The molecule has 2 rings (SSSR count). The minimum atomic E-state index is 0.0919. The Morgan fingerprint density at radius 2 is 1.88 bits per heavy atom. The van der Waals surface area contributed by atoms with Gasteiger partial charge in [0.25, 0.3) is 0 Å². The number of thiazole rings is 1. The minimum Gasteiger partial charge on any atom is -0.288 e. The monoisotopic (exact) mass is 245 g/mol. The lowest BCUT2D eigenvalue weighted by Gasteiger charge is -2.05. The van der Waals surface area contributed by atoms with Gasteiger partial charge >= 0.3 is 0 Å². The Balaban J connectivity index is 2.50. The van der Waals surface area contributed by atoms with E-state index in [-0.39, 0.29) is 5.78 Å². The van der Waals surface area contributed by atoms with E-state index in [1.807, 2.05) is 45.9 Å². The number of hydrogen-bond acceptors (Lipinski definition) is 3. The van der Waals surface area contributed by atoms with E-state index in [0.717, 1.165) is 32.3 Å². The van der Waals surface area contributed by atoms with Crippen LogP contribution >= 0.6 is 11.3 Å². The first-order valence-corrected chi connectivity index (χ1v) is 6.36. The van der Waals surface area contributed by atoms with Crippen molar-refractivity contribution in [1.82, 2.24) is 4.98 Å². The van der Waals surface area contributed by atoms with Gasteiger partial charge in [0, 0.05) is 5.56 Å². The number of aryl methyl sites for hydroxylation is 4. The number of benzene rings is 1. The summed E-state index contributed by atoms with van der Waals surface area (Å²) in [6.07, 6.45) is 0. The van der Waals surface area contributed by atoms with Crippen LogP contribution in [-0.2, 0) is 0 Å². The molecular formula is C14H15NOS. The molecule has 2 nitrogen and oxygen atoms in total.